The first-order valence-corrected chi connectivity index (χ1v) is 4.63. The van der Waals surface area contributed by atoms with Crippen molar-refractivity contribution in [2.24, 2.45) is 16.5 Å². The number of carboxylic acid groups (broad SMARTS) is 2. The minimum absolute atomic E-state index is 0.0853. The summed E-state index contributed by atoms with van der Waals surface area (Å²) in [7, 11) is 0. The van der Waals surface area contributed by atoms with Gasteiger partial charge in [0.1, 0.15) is 5.82 Å². The third-order valence-electron chi connectivity index (χ3n) is 1.61. The van der Waals surface area contributed by atoms with Crippen molar-refractivity contribution in [2.45, 2.75) is 6.42 Å². The van der Waals surface area contributed by atoms with Gasteiger partial charge in [0.15, 0.2) is 5.96 Å². The minimum atomic E-state index is -1.83. The molecule has 0 aliphatic rings. The van der Waals surface area contributed by atoms with Crippen molar-refractivity contribution in [2.75, 3.05) is 6.54 Å². The molecule has 0 aliphatic heterocycles. The number of aliphatic imine (C=N–C) groups is 1. The van der Waals surface area contributed by atoms with E-state index in [0.717, 1.165) is 12.0 Å². The van der Waals surface area contributed by atoms with Crippen LogP contribution in [0.1, 0.15) is 5.56 Å². The summed E-state index contributed by atoms with van der Waals surface area (Å²) in [5, 5.41) is 13.9. The first-order chi connectivity index (χ1) is 7.91. The SMILES string of the molecule is NC(N)=NCCc1ccc(F)cc1.O=C(O)O. The second kappa shape index (κ2) is 7.91. The Kier molecular flexibility index (Phi) is 6.84. The molecule has 0 aliphatic carbocycles. The molecule has 6 nitrogen and oxygen atoms in total. The Bertz CT molecular complexity index is 371. The van der Waals surface area contributed by atoms with E-state index in [0.29, 0.717) is 6.54 Å². The van der Waals surface area contributed by atoms with E-state index in [1.54, 1.807) is 12.1 Å². The zero-order valence-corrected chi connectivity index (χ0v) is 9.01. The molecule has 1 aromatic rings. The Morgan fingerprint density at radius 3 is 2.12 bits per heavy atom. The number of guanidine groups is 1. The molecule has 1 rings (SSSR count). The van der Waals surface area contributed by atoms with Gasteiger partial charge in [0, 0.05) is 6.54 Å². The summed E-state index contributed by atoms with van der Waals surface area (Å²) in [5.74, 6) is -0.146. The highest BCUT2D eigenvalue weighted by Crippen LogP contribution is 2.03. The van der Waals surface area contributed by atoms with Crippen LogP contribution in [-0.4, -0.2) is 28.9 Å². The molecule has 0 heterocycles. The number of hydrogen-bond acceptors (Lipinski definition) is 2. The Labute approximate surface area is 97.4 Å². The van der Waals surface area contributed by atoms with E-state index in [9.17, 15) is 4.39 Å². The van der Waals surface area contributed by atoms with Gasteiger partial charge in [-0.2, -0.15) is 0 Å². The molecule has 94 valence electrons. The molecule has 0 radical (unpaired) electrons. The van der Waals surface area contributed by atoms with Crippen LogP contribution >= 0.6 is 0 Å². The summed E-state index contributed by atoms with van der Waals surface area (Å²) >= 11 is 0. The van der Waals surface area contributed by atoms with Crippen molar-refractivity contribution < 1.29 is 19.4 Å². The highest BCUT2D eigenvalue weighted by Gasteiger charge is 1.92. The van der Waals surface area contributed by atoms with Crippen LogP contribution in [0.4, 0.5) is 9.18 Å². The normalized spacial score (nSPS) is 8.76. The Morgan fingerprint density at radius 2 is 1.71 bits per heavy atom. The van der Waals surface area contributed by atoms with Crippen molar-refractivity contribution in [1.29, 1.82) is 0 Å². The number of halogens is 1. The Hall–Kier alpha value is -2.31. The molecule has 0 unspecified atom stereocenters. The van der Waals surface area contributed by atoms with Crippen LogP contribution in [0.5, 0.6) is 0 Å². The standard InChI is InChI=1S/C9H12FN3.CH2O3/c10-8-3-1-7(2-4-8)5-6-13-9(11)12;2-1(3)4/h1-4H,5-6H2,(H4,11,12,13);(H2,2,3,4). The lowest BCUT2D eigenvalue weighted by atomic mass is 10.1. The third-order valence-corrected chi connectivity index (χ3v) is 1.61. The van der Waals surface area contributed by atoms with Crippen LogP contribution in [0.15, 0.2) is 29.3 Å². The van der Waals surface area contributed by atoms with Crippen LogP contribution in [0.2, 0.25) is 0 Å². The number of nitrogens with zero attached hydrogens (tertiary/aromatic N) is 1. The largest absolute Gasteiger partial charge is 0.503 e. The summed E-state index contributed by atoms with van der Waals surface area (Å²) in [6, 6.07) is 6.28. The zero-order chi connectivity index (χ0) is 13.3. The van der Waals surface area contributed by atoms with Crippen molar-refractivity contribution >= 4 is 12.1 Å². The van der Waals surface area contributed by atoms with Crippen molar-refractivity contribution in [3.63, 3.8) is 0 Å². The zero-order valence-electron chi connectivity index (χ0n) is 9.01. The van der Waals surface area contributed by atoms with E-state index in [1.807, 2.05) is 0 Å². The van der Waals surface area contributed by atoms with Gasteiger partial charge in [-0.1, -0.05) is 12.1 Å². The summed E-state index contributed by atoms with van der Waals surface area (Å²) in [4.78, 5) is 12.4. The summed E-state index contributed by atoms with van der Waals surface area (Å²) < 4.78 is 12.5. The van der Waals surface area contributed by atoms with Crippen molar-refractivity contribution in [3.05, 3.63) is 35.6 Å². The smallest absolute Gasteiger partial charge is 0.450 e. The second-order valence-corrected chi connectivity index (χ2v) is 2.97. The molecular formula is C10H14FN3O3. The lowest BCUT2D eigenvalue weighted by Gasteiger charge is -1.97. The van der Waals surface area contributed by atoms with Crippen LogP contribution in [0, 0.1) is 5.82 Å². The highest BCUT2D eigenvalue weighted by molar-refractivity contribution is 5.75. The van der Waals surface area contributed by atoms with Crippen LogP contribution < -0.4 is 11.5 Å². The number of nitrogens with two attached hydrogens (primary N) is 2. The summed E-state index contributed by atoms with van der Waals surface area (Å²) in [6.45, 7) is 0.536. The monoisotopic (exact) mass is 243 g/mol. The van der Waals surface area contributed by atoms with Crippen LogP contribution in [-0.2, 0) is 6.42 Å². The molecule has 17 heavy (non-hydrogen) atoms. The van der Waals surface area contributed by atoms with Crippen molar-refractivity contribution in [3.8, 4) is 0 Å². The van der Waals surface area contributed by atoms with Crippen molar-refractivity contribution in [1.82, 2.24) is 0 Å². The van der Waals surface area contributed by atoms with E-state index in [1.165, 1.54) is 12.1 Å². The van der Waals surface area contributed by atoms with Gasteiger partial charge in [0.25, 0.3) is 0 Å². The maximum absolute atomic E-state index is 12.5. The van der Waals surface area contributed by atoms with Gasteiger partial charge in [0.05, 0.1) is 0 Å². The van der Waals surface area contributed by atoms with Crippen LogP contribution in [0.25, 0.3) is 0 Å². The molecule has 0 aromatic heterocycles. The average molecular weight is 243 g/mol. The van der Waals surface area contributed by atoms with Gasteiger partial charge in [-0.05, 0) is 24.1 Å². The second-order valence-electron chi connectivity index (χ2n) is 2.97. The Morgan fingerprint density at radius 1 is 1.24 bits per heavy atom. The molecule has 1 aromatic carbocycles. The quantitative estimate of drug-likeness (QED) is 0.463. The maximum atomic E-state index is 12.5. The molecule has 0 saturated heterocycles. The maximum Gasteiger partial charge on any atom is 0.503 e. The summed E-state index contributed by atoms with van der Waals surface area (Å²) in [5.41, 5.74) is 11.3. The lowest BCUT2D eigenvalue weighted by Crippen LogP contribution is -2.23. The summed E-state index contributed by atoms with van der Waals surface area (Å²) in [6.07, 6.45) is -1.11. The number of carbonyl (C=O) groups is 1. The van der Waals surface area contributed by atoms with Gasteiger partial charge < -0.3 is 21.7 Å². The fourth-order valence-electron chi connectivity index (χ4n) is 0.965. The van der Waals surface area contributed by atoms with Gasteiger partial charge in [-0.3, -0.25) is 4.99 Å². The molecule has 6 N–H and O–H groups in total. The first-order valence-electron chi connectivity index (χ1n) is 4.63. The topological polar surface area (TPSA) is 122 Å². The molecule has 7 heteroatoms. The van der Waals surface area contributed by atoms with Crippen LogP contribution in [0.3, 0.4) is 0 Å². The number of rotatable bonds is 3. The molecule has 0 bridgehead atoms. The molecule has 0 saturated carbocycles. The molecule has 0 fully saturated rings. The fraction of sp³-hybridized carbons (Fsp3) is 0.200. The number of benzene rings is 1. The third kappa shape index (κ3) is 9.98. The van der Waals surface area contributed by atoms with Gasteiger partial charge >= 0.3 is 6.16 Å². The highest BCUT2D eigenvalue weighted by atomic mass is 19.1. The first kappa shape index (κ1) is 14.7. The average Bonchev–Trinajstić information content (AvgIpc) is 2.19. The van der Waals surface area contributed by atoms with Gasteiger partial charge in [0.2, 0.25) is 0 Å². The van der Waals surface area contributed by atoms with Gasteiger partial charge in [-0.15, -0.1) is 0 Å². The van der Waals surface area contributed by atoms with Gasteiger partial charge in [-0.25, -0.2) is 9.18 Å². The van der Waals surface area contributed by atoms with E-state index in [2.05, 4.69) is 4.99 Å². The Balaban J connectivity index is 0.000000557. The number of hydrogen-bond donors (Lipinski definition) is 4. The molecular weight excluding hydrogens is 229 g/mol. The predicted molar refractivity (Wildman–Crippen MR) is 61.4 cm³/mol. The molecule has 0 spiro atoms. The van der Waals surface area contributed by atoms with E-state index in [-0.39, 0.29) is 11.8 Å². The molecule has 0 atom stereocenters. The lowest BCUT2D eigenvalue weighted by molar-refractivity contribution is 0.137. The van der Waals surface area contributed by atoms with E-state index in [4.69, 9.17) is 26.5 Å². The van der Waals surface area contributed by atoms with E-state index < -0.39 is 6.16 Å². The molecule has 0 amide bonds. The fourth-order valence-corrected chi connectivity index (χ4v) is 0.965. The minimum Gasteiger partial charge on any atom is -0.450 e. The van der Waals surface area contributed by atoms with E-state index >= 15 is 0 Å². The predicted octanol–water partition coefficient (Wildman–Crippen LogP) is 0.864.